The summed E-state index contributed by atoms with van der Waals surface area (Å²) in [7, 11) is 1.28. The molecule has 3 rings (SSSR count). The minimum atomic E-state index is -0.800. The molecule has 0 spiro atoms. The third-order valence-electron chi connectivity index (χ3n) is 4.87. The summed E-state index contributed by atoms with van der Waals surface area (Å²) in [5.41, 5.74) is 0.149. The van der Waals surface area contributed by atoms with Crippen LogP contribution in [0.25, 0.3) is 0 Å². The standard InChI is InChI=1S/C20H24N2O5/c1-20(2,3)22(17(24)12-5-6-12)15-11-16(23)21(18(15)25)14-9-7-13(8-10-14)19(26)27-4/h7-10,12,15H,5-6,11H2,1-4H3. The molecule has 1 aromatic rings. The molecule has 7 heteroatoms. The SMILES string of the molecule is COC(=O)c1ccc(N2C(=O)CC(N(C(=O)C3CC3)C(C)(C)C)C2=O)cc1. The first-order valence-electron chi connectivity index (χ1n) is 9.03. The Morgan fingerprint density at radius 1 is 1.11 bits per heavy atom. The van der Waals surface area contributed by atoms with Crippen LogP contribution in [0.1, 0.15) is 50.4 Å². The second-order valence-corrected chi connectivity index (χ2v) is 7.98. The lowest BCUT2D eigenvalue weighted by molar-refractivity contribution is -0.145. The quantitative estimate of drug-likeness (QED) is 0.597. The molecule has 1 saturated heterocycles. The fraction of sp³-hybridized carbons (Fsp3) is 0.500. The Balaban J connectivity index is 1.87. The van der Waals surface area contributed by atoms with Crippen LogP contribution in [0.3, 0.4) is 0 Å². The minimum Gasteiger partial charge on any atom is -0.465 e. The molecule has 27 heavy (non-hydrogen) atoms. The Kier molecular flexibility index (Phi) is 4.80. The maximum absolute atomic E-state index is 13.0. The van der Waals surface area contributed by atoms with Gasteiger partial charge in [-0.15, -0.1) is 0 Å². The highest BCUT2D eigenvalue weighted by Crippen LogP contribution is 2.37. The van der Waals surface area contributed by atoms with Crippen LogP contribution in [0.2, 0.25) is 0 Å². The van der Waals surface area contributed by atoms with Crippen molar-refractivity contribution in [1.29, 1.82) is 0 Å². The monoisotopic (exact) mass is 372 g/mol. The van der Waals surface area contributed by atoms with Gasteiger partial charge in [-0.25, -0.2) is 9.69 Å². The number of esters is 1. The van der Waals surface area contributed by atoms with Gasteiger partial charge in [-0.1, -0.05) is 0 Å². The van der Waals surface area contributed by atoms with Crippen molar-refractivity contribution in [3.05, 3.63) is 29.8 Å². The van der Waals surface area contributed by atoms with Crippen LogP contribution in [0.15, 0.2) is 24.3 Å². The van der Waals surface area contributed by atoms with E-state index in [1.165, 1.54) is 31.4 Å². The van der Waals surface area contributed by atoms with Crippen molar-refractivity contribution in [3.8, 4) is 0 Å². The van der Waals surface area contributed by atoms with Crippen molar-refractivity contribution in [2.24, 2.45) is 5.92 Å². The highest BCUT2D eigenvalue weighted by Gasteiger charge is 2.50. The lowest BCUT2D eigenvalue weighted by atomic mass is 10.0. The van der Waals surface area contributed by atoms with Gasteiger partial charge in [-0.2, -0.15) is 0 Å². The summed E-state index contributed by atoms with van der Waals surface area (Å²) >= 11 is 0. The normalized spacial score (nSPS) is 20.0. The van der Waals surface area contributed by atoms with Gasteiger partial charge in [0.25, 0.3) is 5.91 Å². The van der Waals surface area contributed by atoms with Crippen molar-refractivity contribution >= 4 is 29.4 Å². The minimum absolute atomic E-state index is 0.0344. The molecule has 144 valence electrons. The Morgan fingerprint density at radius 2 is 1.70 bits per heavy atom. The van der Waals surface area contributed by atoms with Gasteiger partial charge in [0.1, 0.15) is 6.04 Å². The zero-order valence-electron chi connectivity index (χ0n) is 16.0. The maximum Gasteiger partial charge on any atom is 0.337 e. The number of hydrogen-bond donors (Lipinski definition) is 0. The first-order chi connectivity index (χ1) is 12.6. The van der Waals surface area contributed by atoms with Crippen LogP contribution in [-0.4, -0.2) is 47.3 Å². The summed E-state index contributed by atoms with van der Waals surface area (Å²) in [6.07, 6.45) is 1.63. The third kappa shape index (κ3) is 3.59. The van der Waals surface area contributed by atoms with E-state index in [0.29, 0.717) is 11.3 Å². The topological polar surface area (TPSA) is 84.0 Å². The summed E-state index contributed by atoms with van der Waals surface area (Å²) < 4.78 is 4.65. The lowest BCUT2D eigenvalue weighted by Crippen LogP contribution is -2.55. The molecule has 7 nitrogen and oxygen atoms in total. The van der Waals surface area contributed by atoms with Gasteiger partial charge in [-0.05, 0) is 57.9 Å². The van der Waals surface area contributed by atoms with Gasteiger partial charge in [0, 0.05) is 11.5 Å². The van der Waals surface area contributed by atoms with Crippen LogP contribution in [0.4, 0.5) is 5.69 Å². The molecular weight excluding hydrogens is 348 g/mol. The summed E-state index contributed by atoms with van der Waals surface area (Å²) in [4.78, 5) is 52.6. The van der Waals surface area contributed by atoms with E-state index in [1.54, 1.807) is 4.90 Å². The molecule has 0 radical (unpaired) electrons. The number of ether oxygens (including phenoxy) is 1. The Labute approximate surface area is 158 Å². The van der Waals surface area contributed by atoms with E-state index in [4.69, 9.17) is 0 Å². The smallest absolute Gasteiger partial charge is 0.337 e. The molecule has 1 heterocycles. The van der Waals surface area contributed by atoms with E-state index in [1.807, 2.05) is 20.8 Å². The van der Waals surface area contributed by atoms with Gasteiger partial charge in [0.15, 0.2) is 0 Å². The molecule has 1 aromatic carbocycles. The molecule has 0 N–H and O–H groups in total. The van der Waals surface area contributed by atoms with Gasteiger partial charge in [0.05, 0.1) is 24.8 Å². The van der Waals surface area contributed by atoms with Crippen molar-refractivity contribution in [3.63, 3.8) is 0 Å². The van der Waals surface area contributed by atoms with E-state index in [9.17, 15) is 19.2 Å². The Bertz CT molecular complexity index is 790. The number of methoxy groups -OCH3 is 1. The first kappa shape index (κ1) is 19.1. The van der Waals surface area contributed by atoms with Gasteiger partial charge in [0.2, 0.25) is 11.8 Å². The molecule has 1 saturated carbocycles. The molecule has 1 unspecified atom stereocenters. The van der Waals surface area contributed by atoms with Crippen LogP contribution in [-0.2, 0) is 19.1 Å². The van der Waals surface area contributed by atoms with E-state index >= 15 is 0 Å². The predicted molar refractivity (Wildman–Crippen MR) is 98.0 cm³/mol. The highest BCUT2D eigenvalue weighted by molar-refractivity contribution is 6.23. The molecule has 1 atom stereocenters. The fourth-order valence-corrected chi connectivity index (χ4v) is 3.43. The zero-order valence-corrected chi connectivity index (χ0v) is 16.0. The third-order valence-corrected chi connectivity index (χ3v) is 4.87. The van der Waals surface area contributed by atoms with Crippen LogP contribution < -0.4 is 4.90 Å². The molecule has 2 aliphatic rings. The van der Waals surface area contributed by atoms with Gasteiger partial charge in [-0.3, -0.25) is 14.4 Å². The van der Waals surface area contributed by atoms with Crippen LogP contribution in [0.5, 0.6) is 0 Å². The average molecular weight is 372 g/mol. The first-order valence-corrected chi connectivity index (χ1v) is 9.03. The maximum atomic E-state index is 13.0. The number of amides is 3. The van der Waals surface area contributed by atoms with E-state index in [-0.39, 0.29) is 24.2 Å². The summed E-state index contributed by atoms with van der Waals surface area (Å²) in [6.45, 7) is 5.62. The average Bonchev–Trinajstić information content (AvgIpc) is 3.41. The molecule has 1 aliphatic carbocycles. The number of carbonyl (C=O) groups is 4. The lowest BCUT2D eigenvalue weighted by Gasteiger charge is -2.39. The molecule has 1 aliphatic heterocycles. The summed E-state index contributed by atoms with van der Waals surface area (Å²) in [6, 6.07) is 5.28. The number of hydrogen-bond acceptors (Lipinski definition) is 5. The second-order valence-electron chi connectivity index (χ2n) is 7.98. The van der Waals surface area contributed by atoms with E-state index < -0.39 is 23.5 Å². The van der Waals surface area contributed by atoms with E-state index in [0.717, 1.165) is 17.7 Å². The van der Waals surface area contributed by atoms with Crippen molar-refractivity contribution < 1.29 is 23.9 Å². The van der Waals surface area contributed by atoms with Crippen LogP contribution >= 0.6 is 0 Å². The number of imide groups is 1. The zero-order chi connectivity index (χ0) is 19.9. The molecule has 0 bridgehead atoms. The Morgan fingerprint density at radius 3 is 2.19 bits per heavy atom. The van der Waals surface area contributed by atoms with Gasteiger partial charge < -0.3 is 9.64 Å². The summed E-state index contributed by atoms with van der Waals surface area (Å²) in [5.74, 6) is -1.35. The Hall–Kier alpha value is -2.70. The van der Waals surface area contributed by atoms with Crippen molar-refractivity contribution in [1.82, 2.24) is 4.90 Å². The highest BCUT2D eigenvalue weighted by atomic mass is 16.5. The molecule has 0 aromatic heterocycles. The molecule has 3 amide bonds. The van der Waals surface area contributed by atoms with Crippen LogP contribution in [0, 0.1) is 5.92 Å². The summed E-state index contributed by atoms with van der Waals surface area (Å²) in [5, 5.41) is 0. The predicted octanol–water partition coefficient (Wildman–Crippen LogP) is 2.14. The van der Waals surface area contributed by atoms with Crippen molar-refractivity contribution in [2.45, 2.75) is 51.6 Å². The number of rotatable bonds is 4. The fourth-order valence-electron chi connectivity index (χ4n) is 3.43. The number of carbonyl (C=O) groups excluding carboxylic acids is 4. The molecular formula is C20H24N2O5. The molecule has 2 fully saturated rings. The van der Waals surface area contributed by atoms with Gasteiger partial charge >= 0.3 is 5.97 Å². The number of anilines is 1. The van der Waals surface area contributed by atoms with E-state index in [2.05, 4.69) is 4.74 Å². The second kappa shape index (κ2) is 6.79. The number of benzene rings is 1. The largest absolute Gasteiger partial charge is 0.465 e. The number of nitrogens with zero attached hydrogens (tertiary/aromatic N) is 2. The van der Waals surface area contributed by atoms with Crippen molar-refractivity contribution in [2.75, 3.05) is 12.0 Å².